The van der Waals surface area contributed by atoms with Crippen LogP contribution in [0.15, 0.2) is 12.3 Å². The van der Waals surface area contributed by atoms with Crippen molar-refractivity contribution >= 4 is 11.5 Å². The molecule has 88 valence electrons. The van der Waals surface area contributed by atoms with Crippen molar-refractivity contribution in [2.45, 2.75) is 45.6 Å². The molecule has 16 heavy (non-hydrogen) atoms. The number of nitrogen functional groups attached to an aromatic ring is 1. The van der Waals surface area contributed by atoms with Gasteiger partial charge in [-0.15, -0.1) is 0 Å². The normalized spacial score (nSPS) is 15.1. The van der Waals surface area contributed by atoms with Crippen molar-refractivity contribution in [3.05, 3.63) is 17.8 Å². The SMILES string of the molecule is CCCCN(c1nccc(C)c1N)C1CC1. The van der Waals surface area contributed by atoms with Gasteiger partial charge < -0.3 is 10.6 Å². The molecule has 0 aliphatic heterocycles. The molecule has 1 aromatic rings. The van der Waals surface area contributed by atoms with E-state index in [1.54, 1.807) is 0 Å². The third-order valence-corrected chi connectivity index (χ3v) is 3.20. The summed E-state index contributed by atoms with van der Waals surface area (Å²) in [6, 6.07) is 2.66. The maximum Gasteiger partial charge on any atom is 0.152 e. The first kappa shape index (κ1) is 11.2. The molecule has 1 aliphatic rings. The number of nitrogens with two attached hydrogens (primary N) is 1. The molecule has 1 aliphatic carbocycles. The molecule has 2 rings (SSSR count). The first-order chi connectivity index (χ1) is 7.74. The fraction of sp³-hybridized carbons (Fsp3) is 0.615. The zero-order valence-corrected chi connectivity index (χ0v) is 10.2. The fourth-order valence-corrected chi connectivity index (χ4v) is 1.96. The molecule has 0 aromatic carbocycles. The maximum absolute atomic E-state index is 6.12. The van der Waals surface area contributed by atoms with Crippen LogP contribution in [0.25, 0.3) is 0 Å². The highest BCUT2D eigenvalue weighted by Crippen LogP contribution is 2.34. The van der Waals surface area contributed by atoms with E-state index < -0.39 is 0 Å². The van der Waals surface area contributed by atoms with Gasteiger partial charge in [0.15, 0.2) is 5.82 Å². The average Bonchev–Trinajstić information content (AvgIpc) is 3.08. The molecule has 1 heterocycles. The Balaban J connectivity index is 2.20. The monoisotopic (exact) mass is 219 g/mol. The summed E-state index contributed by atoms with van der Waals surface area (Å²) in [5, 5.41) is 0. The lowest BCUT2D eigenvalue weighted by molar-refractivity contribution is 0.705. The van der Waals surface area contributed by atoms with Crippen molar-refractivity contribution in [3.63, 3.8) is 0 Å². The lowest BCUT2D eigenvalue weighted by Gasteiger charge is -2.25. The summed E-state index contributed by atoms with van der Waals surface area (Å²) < 4.78 is 0. The number of rotatable bonds is 5. The lowest BCUT2D eigenvalue weighted by Crippen LogP contribution is -2.28. The highest BCUT2D eigenvalue weighted by molar-refractivity contribution is 5.67. The summed E-state index contributed by atoms with van der Waals surface area (Å²) in [4.78, 5) is 6.85. The van der Waals surface area contributed by atoms with Gasteiger partial charge in [-0.3, -0.25) is 0 Å². The van der Waals surface area contributed by atoms with Crippen molar-refractivity contribution in [2.75, 3.05) is 17.2 Å². The largest absolute Gasteiger partial charge is 0.396 e. The maximum atomic E-state index is 6.12. The van der Waals surface area contributed by atoms with Crippen LogP contribution in [0.3, 0.4) is 0 Å². The Bertz CT molecular complexity index is 358. The quantitative estimate of drug-likeness (QED) is 0.828. The van der Waals surface area contributed by atoms with Gasteiger partial charge in [-0.1, -0.05) is 13.3 Å². The molecule has 0 saturated heterocycles. The molecular formula is C13H21N3. The number of aryl methyl sites for hydroxylation is 1. The zero-order chi connectivity index (χ0) is 11.5. The number of pyridine rings is 1. The van der Waals surface area contributed by atoms with Crippen LogP contribution in [-0.2, 0) is 0 Å². The number of anilines is 2. The Morgan fingerprint density at radius 3 is 2.88 bits per heavy atom. The molecule has 0 radical (unpaired) electrons. The van der Waals surface area contributed by atoms with E-state index in [2.05, 4.69) is 16.8 Å². The molecule has 0 spiro atoms. The molecule has 0 unspecified atom stereocenters. The van der Waals surface area contributed by atoms with Crippen molar-refractivity contribution in [1.29, 1.82) is 0 Å². The van der Waals surface area contributed by atoms with Gasteiger partial charge in [0, 0.05) is 18.8 Å². The Kier molecular flexibility index (Phi) is 3.32. The van der Waals surface area contributed by atoms with Crippen LogP contribution in [0.2, 0.25) is 0 Å². The van der Waals surface area contributed by atoms with Gasteiger partial charge in [-0.05, 0) is 37.8 Å². The number of aromatic nitrogens is 1. The fourth-order valence-electron chi connectivity index (χ4n) is 1.96. The molecule has 0 amide bonds. The molecule has 2 N–H and O–H groups in total. The number of hydrogen-bond donors (Lipinski definition) is 1. The number of nitrogens with zero attached hydrogens (tertiary/aromatic N) is 2. The molecule has 1 fully saturated rings. The van der Waals surface area contributed by atoms with Gasteiger partial charge in [0.2, 0.25) is 0 Å². The Morgan fingerprint density at radius 1 is 1.50 bits per heavy atom. The van der Waals surface area contributed by atoms with Crippen molar-refractivity contribution in [3.8, 4) is 0 Å². The zero-order valence-electron chi connectivity index (χ0n) is 10.2. The predicted molar refractivity (Wildman–Crippen MR) is 68.7 cm³/mol. The predicted octanol–water partition coefficient (Wildman–Crippen LogP) is 2.74. The van der Waals surface area contributed by atoms with E-state index in [9.17, 15) is 0 Å². The second-order valence-corrected chi connectivity index (χ2v) is 4.64. The smallest absolute Gasteiger partial charge is 0.152 e. The van der Waals surface area contributed by atoms with Crippen molar-refractivity contribution in [1.82, 2.24) is 4.98 Å². The molecular weight excluding hydrogens is 198 g/mol. The van der Waals surface area contributed by atoms with E-state index in [1.165, 1.54) is 25.7 Å². The summed E-state index contributed by atoms with van der Waals surface area (Å²) in [5.41, 5.74) is 8.10. The second kappa shape index (κ2) is 4.73. The third kappa shape index (κ3) is 2.29. The van der Waals surface area contributed by atoms with Gasteiger partial charge in [-0.2, -0.15) is 0 Å². The van der Waals surface area contributed by atoms with Gasteiger partial charge in [-0.25, -0.2) is 4.98 Å². The second-order valence-electron chi connectivity index (χ2n) is 4.64. The minimum absolute atomic E-state index is 0.683. The summed E-state index contributed by atoms with van der Waals surface area (Å²) in [5.74, 6) is 0.996. The average molecular weight is 219 g/mol. The Morgan fingerprint density at radius 2 is 2.25 bits per heavy atom. The van der Waals surface area contributed by atoms with E-state index in [1.807, 2.05) is 19.2 Å². The topological polar surface area (TPSA) is 42.2 Å². The first-order valence-corrected chi connectivity index (χ1v) is 6.21. The van der Waals surface area contributed by atoms with E-state index in [0.717, 1.165) is 23.6 Å². The van der Waals surface area contributed by atoms with E-state index in [4.69, 9.17) is 5.73 Å². The molecule has 1 aromatic heterocycles. The molecule has 1 saturated carbocycles. The highest BCUT2D eigenvalue weighted by atomic mass is 15.2. The summed E-state index contributed by atoms with van der Waals surface area (Å²) in [6.07, 6.45) is 6.88. The summed E-state index contributed by atoms with van der Waals surface area (Å²) in [6.45, 7) is 5.35. The summed E-state index contributed by atoms with van der Waals surface area (Å²) in [7, 11) is 0. The standard InChI is InChI=1S/C13H21N3/c1-3-4-9-16(11-5-6-11)13-12(14)10(2)7-8-15-13/h7-8,11H,3-6,9,14H2,1-2H3. The Labute approximate surface area is 97.7 Å². The van der Waals surface area contributed by atoms with Crippen LogP contribution in [-0.4, -0.2) is 17.6 Å². The van der Waals surface area contributed by atoms with E-state index in [-0.39, 0.29) is 0 Å². The number of hydrogen-bond acceptors (Lipinski definition) is 3. The molecule has 0 atom stereocenters. The van der Waals surface area contributed by atoms with Crippen molar-refractivity contribution < 1.29 is 0 Å². The molecule has 3 nitrogen and oxygen atoms in total. The van der Waals surface area contributed by atoms with E-state index in [0.29, 0.717) is 6.04 Å². The van der Waals surface area contributed by atoms with Gasteiger partial charge in [0.1, 0.15) is 0 Å². The van der Waals surface area contributed by atoms with Crippen molar-refractivity contribution in [2.24, 2.45) is 0 Å². The third-order valence-electron chi connectivity index (χ3n) is 3.20. The minimum atomic E-state index is 0.683. The van der Waals surface area contributed by atoms with Crippen LogP contribution in [0.1, 0.15) is 38.2 Å². The van der Waals surface area contributed by atoms with E-state index >= 15 is 0 Å². The van der Waals surface area contributed by atoms with Gasteiger partial charge in [0.25, 0.3) is 0 Å². The molecule has 3 heteroatoms. The summed E-state index contributed by atoms with van der Waals surface area (Å²) >= 11 is 0. The van der Waals surface area contributed by atoms with Gasteiger partial charge >= 0.3 is 0 Å². The molecule has 0 bridgehead atoms. The lowest BCUT2D eigenvalue weighted by atomic mass is 10.2. The van der Waals surface area contributed by atoms with Crippen LogP contribution in [0, 0.1) is 6.92 Å². The van der Waals surface area contributed by atoms with Crippen LogP contribution in [0.4, 0.5) is 11.5 Å². The van der Waals surface area contributed by atoms with Crippen LogP contribution < -0.4 is 10.6 Å². The first-order valence-electron chi connectivity index (χ1n) is 6.21. The van der Waals surface area contributed by atoms with Gasteiger partial charge in [0.05, 0.1) is 5.69 Å². The van der Waals surface area contributed by atoms with Crippen LogP contribution >= 0.6 is 0 Å². The van der Waals surface area contributed by atoms with Crippen LogP contribution in [0.5, 0.6) is 0 Å². The highest BCUT2D eigenvalue weighted by Gasteiger charge is 2.30. The number of unbranched alkanes of at least 4 members (excludes halogenated alkanes) is 1. The minimum Gasteiger partial charge on any atom is -0.396 e. The Hall–Kier alpha value is -1.25.